The second kappa shape index (κ2) is 25.7. The number of hydrogen-bond donors (Lipinski definition) is 2. The van der Waals surface area contributed by atoms with Crippen molar-refractivity contribution in [3.05, 3.63) is 85.1 Å². The molecule has 214 valence electrons. The molecule has 2 amide bonds. The van der Waals surface area contributed by atoms with Gasteiger partial charge >= 0.3 is 11.9 Å². The van der Waals surface area contributed by atoms with Crippen molar-refractivity contribution in [3.63, 3.8) is 0 Å². The molecule has 0 aliphatic heterocycles. The van der Waals surface area contributed by atoms with Crippen LogP contribution in [0.1, 0.15) is 58.3 Å². The van der Waals surface area contributed by atoms with E-state index in [0.29, 0.717) is 6.42 Å². The smallest absolute Gasteiger partial charge is 0.330 e. The molecule has 0 saturated carbocycles. The van der Waals surface area contributed by atoms with Gasteiger partial charge in [-0.15, -0.1) is 0 Å². The van der Waals surface area contributed by atoms with Gasteiger partial charge in [-0.1, -0.05) is 79.8 Å². The minimum atomic E-state index is -1.04. The fourth-order valence-corrected chi connectivity index (χ4v) is 2.93. The van der Waals surface area contributed by atoms with E-state index < -0.39 is 23.9 Å². The lowest BCUT2D eigenvalue weighted by atomic mass is 10.2. The summed E-state index contributed by atoms with van der Waals surface area (Å²) in [7, 11) is 2.38. The summed E-state index contributed by atoms with van der Waals surface area (Å²) < 4.78 is 9.07. The Balaban J connectivity index is 4.11. The second-order valence-electron chi connectivity index (χ2n) is 8.20. The van der Waals surface area contributed by atoms with E-state index in [2.05, 4.69) is 87.8 Å². The standard InChI is InChI=1S/C31H44N2O6/c1-4-5-6-7-8-9-10-11-12-13-14-15-16-17-18-19-20-21-22-23-29(35)33-27(31(37)39-3)26-32-28(34)24-25-30(36)38-2/h5-6,8-9,11-12,14-15,17-18,20-21,24-25,27H,4,7,10,13,16,19,22-23,26H2,1-3H3,(H,32,34)(H,33,35)/b6-5-,9-8-,12-11-,15-14-,18-17-,21-20-,25-24+. The molecule has 2 N–H and O–H groups in total. The van der Waals surface area contributed by atoms with Crippen molar-refractivity contribution in [2.45, 2.75) is 64.3 Å². The first kappa shape index (κ1) is 35.1. The lowest BCUT2D eigenvalue weighted by Crippen LogP contribution is -2.48. The van der Waals surface area contributed by atoms with Gasteiger partial charge in [0.2, 0.25) is 11.8 Å². The predicted molar refractivity (Wildman–Crippen MR) is 156 cm³/mol. The number of amides is 2. The molecule has 0 bridgehead atoms. The van der Waals surface area contributed by atoms with Crippen molar-refractivity contribution < 1.29 is 28.7 Å². The van der Waals surface area contributed by atoms with Gasteiger partial charge in [0, 0.05) is 25.1 Å². The molecule has 0 aliphatic rings. The molecule has 1 atom stereocenters. The number of nitrogens with one attached hydrogen (secondary N) is 2. The van der Waals surface area contributed by atoms with E-state index in [9.17, 15) is 19.2 Å². The average molecular weight is 541 g/mol. The molecule has 0 aliphatic carbocycles. The van der Waals surface area contributed by atoms with Crippen LogP contribution in [0, 0.1) is 0 Å². The van der Waals surface area contributed by atoms with Gasteiger partial charge in [-0.05, 0) is 44.9 Å². The minimum Gasteiger partial charge on any atom is -0.467 e. The third-order valence-electron chi connectivity index (χ3n) is 5.01. The van der Waals surface area contributed by atoms with Crippen LogP contribution in [0.2, 0.25) is 0 Å². The van der Waals surface area contributed by atoms with Crippen molar-refractivity contribution in [1.82, 2.24) is 10.6 Å². The van der Waals surface area contributed by atoms with E-state index in [1.54, 1.807) is 0 Å². The van der Waals surface area contributed by atoms with Gasteiger partial charge in [0.1, 0.15) is 6.04 Å². The lowest BCUT2D eigenvalue weighted by molar-refractivity contribution is -0.145. The SMILES string of the molecule is CC/C=C\C/C=C\C/C=C\C/C=C\C/C=C\C/C=C\CCC(=O)NC(CNC(=O)/C=C/C(=O)OC)C(=O)OC. The highest BCUT2D eigenvalue weighted by Gasteiger charge is 2.21. The van der Waals surface area contributed by atoms with Crippen LogP contribution in [-0.4, -0.2) is 50.6 Å². The first-order valence-electron chi connectivity index (χ1n) is 13.3. The Morgan fingerprint density at radius 1 is 0.667 bits per heavy atom. The summed E-state index contributed by atoms with van der Waals surface area (Å²) in [6.45, 7) is 1.96. The van der Waals surface area contributed by atoms with Crippen LogP contribution >= 0.6 is 0 Å². The zero-order valence-corrected chi connectivity index (χ0v) is 23.5. The molecule has 0 radical (unpaired) electrons. The van der Waals surface area contributed by atoms with E-state index in [0.717, 1.165) is 50.7 Å². The van der Waals surface area contributed by atoms with Crippen molar-refractivity contribution in [3.8, 4) is 0 Å². The van der Waals surface area contributed by atoms with E-state index >= 15 is 0 Å². The summed E-state index contributed by atoms with van der Waals surface area (Å²) in [6, 6.07) is -1.04. The summed E-state index contributed by atoms with van der Waals surface area (Å²) in [5.74, 6) is -2.32. The van der Waals surface area contributed by atoms with Gasteiger partial charge < -0.3 is 20.1 Å². The van der Waals surface area contributed by atoms with Gasteiger partial charge in [-0.2, -0.15) is 0 Å². The molecule has 0 fully saturated rings. The number of esters is 2. The highest BCUT2D eigenvalue weighted by molar-refractivity contribution is 5.95. The highest BCUT2D eigenvalue weighted by Crippen LogP contribution is 1.99. The Bertz CT molecular complexity index is 925. The van der Waals surface area contributed by atoms with E-state index in [4.69, 9.17) is 0 Å². The van der Waals surface area contributed by atoms with Gasteiger partial charge in [-0.3, -0.25) is 9.59 Å². The molecule has 0 spiro atoms. The monoisotopic (exact) mass is 540 g/mol. The molecular weight excluding hydrogens is 496 g/mol. The predicted octanol–water partition coefficient (Wildman–Crippen LogP) is 4.97. The number of rotatable bonds is 20. The number of carbonyl (C=O) groups excluding carboxylic acids is 4. The molecule has 0 saturated heterocycles. The Morgan fingerprint density at radius 2 is 1.15 bits per heavy atom. The fourth-order valence-electron chi connectivity index (χ4n) is 2.93. The molecule has 0 heterocycles. The summed E-state index contributed by atoms with van der Waals surface area (Å²) in [5.41, 5.74) is 0. The topological polar surface area (TPSA) is 111 Å². The molecule has 8 nitrogen and oxygen atoms in total. The fraction of sp³-hybridized carbons (Fsp3) is 0.419. The van der Waals surface area contributed by atoms with Gasteiger partial charge in [0.15, 0.2) is 0 Å². The number of carbonyl (C=O) groups is 4. The third kappa shape index (κ3) is 22.9. The highest BCUT2D eigenvalue weighted by atomic mass is 16.5. The number of allylic oxidation sites excluding steroid dienone is 12. The number of methoxy groups -OCH3 is 2. The van der Waals surface area contributed by atoms with E-state index in [-0.39, 0.29) is 18.9 Å². The van der Waals surface area contributed by atoms with Crippen LogP contribution in [0.4, 0.5) is 0 Å². The van der Waals surface area contributed by atoms with Crippen LogP contribution in [0.15, 0.2) is 85.1 Å². The van der Waals surface area contributed by atoms with Crippen LogP contribution in [0.25, 0.3) is 0 Å². The first-order valence-corrected chi connectivity index (χ1v) is 13.3. The molecular formula is C31H44N2O6. The van der Waals surface area contributed by atoms with Crippen LogP contribution in [-0.2, 0) is 28.7 Å². The van der Waals surface area contributed by atoms with Gasteiger partial charge in [0.05, 0.1) is 14.2 Å². The van der Waals surface area contributed by atoms with Crippen molar-refractivity contribution in [1.29, 1.82) is 0 Å². The molecule has 0 aromatic carbocycles. The molecule has 0 aromatic heterocycles. The largest absolute Gasteiger partial charge is 0.467 e. The number of hydrogen-bond acceptors (Lipinski definition) is 6. The Hall–Kier alpha value is -3.94. The molecule has 0 aromatic rings. The molecule has 8 heteroatoms. The maximum Gasteiger partial charge on any atom is 0.330 e. The average Bonchev–Trinajstić information content (AvgIpc) is 2.94. The van der Waals surface area contributed by atoms with Crippen LogP contribution in [0.3, 0.4) is 0 Å². The zero-order valence-electron chi connectivity index (χ0n) is 23.5. The summed E-state index contributed by atoms with van der Waals surface area (Å²) in [6.07, 6.45) is 33.6. The second-order valence-corrected chi connectivity index (χ2v) is 8.20. The van der Waals surface area contributed by atoms with Gasteiger partial charge in [0.25, 0.3) is 0 Å². The molecule has 1 unspecified atom stereocenters. The first-order chi connectivity index (χ1) is 18.9. The normalized spacial score (nSPS) is 13.0. The lowest BCUT2D eigenvalue weighted by Gasteiger charge is -2.16. The maximum absolute atomic E-state index is 12.2. The summed E-state index contributed by atoms with van der Waals surface area (Å²) >= 11 is 0. The Labute approximate surface area is 233 Å². The quantitative estimate of drug-likeness (QED) is 0.128. The zero-order chi connectivity index (χ0) is 29.0. The molecule has 0 rings (SSSR count). The molecule has 39 heavy (non-hydrogen) atoms. The van der Waals surface area contributed by atoms with Crippen LogP contribution < -0.4 is 10.6 Å². The van der Waals surface area contributed by atoms with Crippen molar-refractivity contribution in [2.24, 2.45) is 0 Å². The summed E-state index contributed by atoms with van der Waals surface area (Å²) in [5, 5.41) is 4.98. The van der Waals surface area contributed by atoms with Gasteiger partial charge in [-0.25, -0.2) is 9.59 Å². The van der Waals surface area contributed by atoms with Crippen molar-refractivity contribution >= 4 is 23.8 Å². The van der Waals surface area contributed by atoms with E-state index in [1.165, 1.54) is 14.2 Å². The Kier molecular flexibility index (Phi) is 23.1. The Morgan fingerprint density at radius 3 is 1.62 bits per heavy atom. The maximum atomic E-state index is 12.2. The summed E-state index contributed by atoms with van der Waals surface area (Å²) in [4.78, 5) is 46.8. The van der Waals surface area contributed by atoms with E-state index in [1.807, 2.05) is 12.2 Å². The third-order valence-corrected chi connectivity index (χ3v) is 5.01. The van der Waals surface area contributed by atoms with Crippen LogP contribution in [0.5, 0.6) is 0 Å². The van der Waals surface area contributed by atoms with Crippen molar-refractivity contribution in [2.75, 3.05) is 20.8 Å². The number of ether oxygens (including phenoxy) is 2. The minimum absolute atomic E-state index is 0.178.